The number of pyridine rings is 1. The van der Waals surface area contributed by atoms with Crippen molar-refractivity contribution in [3.63, 3.8) is 0 Å². The van der Waals surface area contributed by atoms with Crippen LogP contribution in [0.4, 0.5) is 5.69 Å². The van der Waals surface area contributed by atoms with Crippen LogP contribution in [-0.2, 0) is 11.2 Å². The Morgan fingerprint density at radius 2 is 1.82 bits per heavy atom. The van der Waals surface area contributed by atoms with Gasteiger partial charge in [-0.25, -0.2) is 0 Å². The van der Waals surface area contributed by atoms with E-state index < -0.39 is 0 Å². The van der Waals surface area contributed by atoms with Crippen LogP contribution in [0.15, 0.2) is 78.2 Å². The zero-order valence-electron chi connectivity index (χ0n) is 18.2. The van der Waals surface area contributed by atoms with E-state index in [1.807, 2.05) is 64.1 Å². The van der Waals surface area contributed by atoms with Gasteiger partial charge in [0.15, 0.2) is 11.0 Å². The maximum absolute atomic E-state index is 13.2. The molecule has 7 nitrogen and oxygen atoms in total. The van der Waals surface area contributed by atoms with Crippen LogP contribution in [0.5, 0.6) is 5.75 Å². The van der Waals surface area contributed by atoms with Gasteiger partial charge in [-0.15, -0.1) is 10.2 Å². The number of aryl methyl sites for hydroxylation is 1. The molecule has 4 aromatic rings. The molecule has 0 fully saturated rings. The molecule has 3 heterocycles. The largest absolute Gasteiger partial charge is 0.497 e. The highest BCUT2D eigenvalue weighted by molar-refractivity contribution is 7.99. The highest BCUT2D eigenvalue weighted by Crippen LogP contribution is 2.31. The van der Waals surface area contributed by atoms with Crippen molar-refractivity contribution in [1.82, 2.24) is 19.7 Å². The molecule has 0 saturated carbocycles. The first-order valence-electron chi connectivity index (χ1n) is 10.8. The third kappa shape index (κ3) is 4.34. The molecule has 2 aromatic heterocycles. The Bertz CT molecular complexity index is 1260. The van der Waals surface area contributed by atoms with Crippen LogP contribution in [0.3, 0.4) is 0 Å². The number of carbonyl (C=O) groups excluding carboxylic acids is 1. The molecule has 1 amide bonds. The number of methoxy groups -OCH3 is 1. The molecule has 2 aromatic carbocycles. The Balaban J connectivity index is 1.44. The van der Waals surface area contributed by atoms with E-state index in [9.17, 15) is 4.79 Å². The third-order valence-corrected chi connectivity index (χ3v) is 6.55. The molecule has 1 aliphatic heterocycles. The molecular formula is C25H23N5O2S. The number of amides is 1. The average molecular weight is 458 g/mol. The second kappa shape index (κ2) is 9.46. The van der Waals surface area contributed by atoms with Crippen molar-refractivity contribution in [1.29, 1.82) is 0 Å². The second-order valence-corrected chi connectivity index (χ2v) is 8.58. The summed E-state index contributed by atoms with van der Waals surface area (Å²) in [7, 11) is 1.64. The highest BCUT2D eigenvalue weighted by atomic mass is 32.2. The SMILES string of the molecule is COc1ccc(-n2c(SCC(=O)N3CCCc4ccccc43)nnc2-c2ccncc2)cc1. The minimum atomic E-state index is 0.0712. The lowest BCUT2D eigenvalue weighted by atomic mass is 10.0. The predicted octanol–water partition coefficient (Wildman–Crippen LogP) is 4.41. The van der Waals surface area contributed by atoms with Crippen LogP contribution in [-0.4, -0.2) is 45.1 Å². The van der Waals surface area contributed by atoms with E-state index in [-0.39, 0.29) is 11.7 Å². The number of benzene rings is 2. The lowest BCUT2D eigenvalue weighted by Crippen LogP contribution is -2.36. The molecule has 166 valence electrons. The van der Waals surface area contributed by atoms with Crippen LogP contribution >= 0.6 is 11.8 Å². The Morgan fingerprint density at radius 1 is 1.03 bits per heavy atom. The van der Waals surface area contributed by atoms with E-state index in [4.69, 9.17) is 4.74 Å². The second-order valence-electron chi connectivity index (χ2n) is 7.64. The fraction of sp³-hybridized carbons (Fsp3) is 0.200. The first kappa shape index (κ1) is 21.2. The Hall–Kier alpha value is -3.65. The molecule has 0 radical (unpaired) electrons. The van der Waals surface area contributed by atoms with Crippen molar-refractivity contribution in [2.45, 2.75) is 18.0 Å². The Morgan fingerprint density at radius 3 is 2.61 bits per heavy atom. The summed E-state index contributed by atoms with van der Waals surface area (Å²) in [6.45, 7) is 0.740. The Kier molecular flexibility index (Phi) is 6.08. The van der Waals surface area contributed by atoms with Crippen molar-refractivity contribution in [2.75, 3.05) is 24.3 Å². The highest BCUT2D eigenvalue weighted by Gasteiger charge is 2.24. The van der Waals surface area contributed by atoms with Gasteiger partial charge in [0, 0.05) is 35.9 Å². The molecule has 0 unspecified atom stereocenters. The zero-order valence-corrected chi connectivity index (χ0v) is 19.0. The minimum Gasteiger partial charge on any atom is -0.497 e. The standard InChI is InChI=1S/C25H23N5O2S/c1-32-21-10-8-20(9-11-21)30-24(19-12-14-26-15-13-19)27-28-25(30)33-17-23(31)29-16-4-6-18-5-2-3-7-22(18)29/h2-3,5,7-15H,4,6,16-17H2,1H3. The monoisotopic (exact) mass is 457 g/mol. The van der Waals surface area contributed by atoms with Gasteiger partial charge in [0.05, 0.1) is 12.9 Å². The number of fused-ring (bicyclic) bond motifs is 1. The minimum absolute atomic E-state index is 0.0712. The number of thioether (sulfide) groups is 1. The summed E-state index contributed by atoms with van der Waals surface area (Å²) < 4.78 is 7.27. The summed E-state index contributed by atoms with van der Waals surface area (Å²) in [5.74, 6) is 1.81. The van der Waals surface area contributed by atoms with E-state index in [1.54, 1.807) is 19.5 Å². The number of anilines is 1. The number of ether oxygens (including phenoxy) is 1. The number of hydrogen-bond acceptors (Lipinski definition) is 6. The number of carbonyl (C=O) groups is 1. The Labute approximate surface area is 196 Å². The van der Waals surface area contributed by atoms with E-state index in [0.29, 0.717) is 11.0 Å². The molecule has 5 rings (SSSR count). The number of aromatic nitrogens is 4. The van der Waals surface area contributed by atoms with E-state index in [2.05, 4.69) is 21.2 Å². The molecular weight excluding hydrogens is 434 g/mol. The number of hydrogen-bond donors (Lipinski definition) is 0. The summed E-state index contributed by atoms with van der Waals surface area (Å²) >= 11 is 1.40. The van der Waals surface area contributed by atoms with E-state index >= 15 is 0 Å². The molecule has 33 heavy (non-hydrogen) atoms. The molecule has 1 aliphatic rings. The fourth-order valence-electron chi connectivity index (χ4n) is 4.01. The maximum Gasteiger partial charge on any atom is 0.237 e. The van der Waals surface area contributed by atoms with Gasteiger partial charge in [-0.2, -0.15) is 0 Å². The zero-order chi connectivity index (χ0) is 22.6. The van der Waals surface area contributed by atoms with Gasteiger partial charge in [0.1, 0.15) is 5.75 Å². The predicted molar refractivity (Wildman–Crippen MR) is 129 cm³/mol. The van der Waals surface area contributed by atoms with Crippen molar-refractivity contribution >= 4 is 23.4 Å². The smallest absolute Gasteiger partial charge is 0.237 e. The van der Waals surface area contributed by atoms with Crippen molar-refractivity contribution in [3.05, 3.63) is 78.6 Å². The van der Waals surface area contributed by atoms with E-state index in [1.165, 1.54) is 17.3 Å². The van der Waals surface area contributed by atoms with Gasteiger partial charge in [-0.3, -0.25) is 14.3 Å². The van der Waals surface area contributed by atoms with Gasteiger partial charge in [0.2, 0.25) is 5.91 Å². The molecule has 0 spiro atoms. The average Bonchev–Trinajstić information content (AvgIpc) is 3.31. The molecule has 0 saturated heterocycles. The van der Waals surface area contributed by atoms with Crippen molar-refractivity contribution < 1.29 is 9.53 Å². The van der Waals surface area contributed by atoms with Gasteiger partial charge in [-0.1, -0.05) is 30.0 Å². The van der Waals surface area contributed by atoms with Crippen LogP contribution in [0.2, 0.25) is 0 Å². The molecule has 0 N–H and O–H groups in total. The van der Waals surface area contributed by atoms with Crippen molar-refractivity contribution in [3.8, 4) is 22.8 Å². The quantitative estimate of drug-likeness (QED) is 0.400. The summed E-state index contributed by atoms with van der Waals surface area (Å²) in [6, 6.07) is 19.6. The van der Waals surface area contributed by atoms with Gasteiger partial charge < -0.3 is 9.64 Å². The molecule has 0 bridgehead atoms. The normalized spacial score (nSPS) is 12.9. The van der Waals surface area contributed by atoms with Gasteiger partial charge in [0.25, 0.3) is 0 Å². The first-order chi connectivity index (χ1) is 16.2. The van der Waals surface area contributed by atoms with Gasteiger partial charge in [-0.05, 0) is 60.9 Å². The van der Waals surface area contributed by atoms with Gasteiger partial charge >= 0.3 is 0 Å². The van der Waals surface area contributed by atoms with Crippen LogP contribution in [0, 0.1) is 0 Å². The lowest BCUT2D eigenvalue weighted by Gasteiger charge is -2.29. The number of rotatable bonds is 6. The number of nitrogens with zero attached hydrogens (tertiary/aromatic N) is 5. The van der Waals surface area contributed by atoms with Crippen LogP contribution < -0.4 is 9.64 Å². The fourth-order valence-corrected chi connectivity index (χ4v) is 4.84. The summed E-state index contributed by atoms with van der Waals surface area (Å²) in [6.07, 6.45) is 5.44. The summed E-state index contributed by atoms with van der Waals surface area (Å²) in [5, 5.41) is 9.52. The summed E-state index contributed by atoms with van der Waals surface area (Å²) in [5.41, 5.74) is 4.04. The molecule has 8 heteroatoms. The molecule has 0 atom stereocenters. The summed E-state index contributed by atoms with van der Waals surface area (Å²) in [4.78, 5) is 19.2. The van der Waals surface area contributed by atoms with E-state index in [0.717, 1.165) is 42.1 Å². The first-order valence-corrected chi connectivity index (χ1v) is 11.7. The van der Waals surface area contributed by atoms with Crippen LogP contribution in [0.25, 0.3) is 17.1 Å². The molecule has 0 aliphatic carbocycles. The lowest BCUT2D eigenvalue weighted by molar-refractivity contribution is -0.116. The van der Waals surface area contributed by atoms with Crippen molar-refractivity contribution in [2.24, 2.45) is 0 Å². The topological polar surface area (TPSA) is 73.1 Å². The third-order valence-electron chi connectivity index (χ3n) is 5.64. The maximum atomic E-state index is 13.2. The van der Waals surface area contributed by atoms with Crippen LogP contribution in [0.1, 0.15) is 12.0 Å². The number of para-hydroxylation sites is 1.